The van der Waals surface area contributed by atoms with Crippen molar-refractivity contribution < 1.29 is 13.3 Å². The van der Waals surface area contributed by atoms with E-state index >= 15 is 0 Å². The highest BCUT2D eigenvalue weighted by Crippen LogP contribution is 2.26. The summed E-state index contributed by atoms with van der Waals surface area (Å²) in [6.45, 7) is 2.03. The highest BCUT2D eigenvalue weighted by molar-refractivity contribution is 9.09. The van der Waals surface area contributed by atoms with Crippen LogP contribution < -0.4 is 4.72 Å². The van der Waals surface area contributed by atoms with Gasteiger partial charge in [-0.15, -0.1) is 0 Å². The third kappa shape index (κ3) is 4.26. The highest BCUT2D eigenvalue weighted by Gasteiger charge is 2.21. The predicted octanol–water partition coefficient (Wildman–Crippen LogP) is 2.61. The number of hydrogen-bond acceptors (Lipinski definition) is 4. The predicted molar refractivity (Wildman–Crippen MR) is 80.7 cm³/mol. The van der Waals surface area contributed by atoms with E-state index in [-0.39, 0.29) is 15.4 Å². The van der Waals surface area contributed by atoms with E-state index in [1.54, 1.807) is 0 Å². The molecule has 6 nitrogen and oxygen atoms in total. The van der Waals surface area contributed by atoms with Crippen LogP contribution in [0.3, 0.4) is 0 Å². The van der Waals surface area contributed by atoms with Crippen LogP contribution in [0, 0.1) is 10.1 Å². The van der Waals surface area contributed by atoms with E-state index in [0.29, 0.717) is 12.0 Å². The molecule has 8 heteroatoms. The monoisotopic (exact) mass is 364 g/mol. The third-order valence-corrected chi connectivity index (χ3v) is 5.07. The van der Waals surface area contributed by atoms with Gasteiger partial charge >= 0.3 is 0 Å². The summed E-state index contributed by atoms with van der Waals surface area (Å²) < 4.78 is 25.5. The molecule has 0 radical (unpaired) electrons. The second-order valence-corrected chi connectivity index (χ2v) is 7.53. The summed E-state index contributed by atoms with van der Waals surface area (Å²) >= 11 is 3.48. The standard InChI is InChI=1S/C12H17BrN2O4S/c1-3-4-10(13)7-9-5-6-11(20(18,19)14-2)8-12(9)15(16)17/h5-6,8,10,14H,3-4,7H2,1-2H3. The van der Waals surface area contributed by atoms with Gasteiger partial charge in [0.2, 0.25) is 10.0 Å². The SMILES string of the molecule is CCCC(Br)Cc1ccc(S(=O)(=O)NC)cc1[N+](=O)[O-]. The Labute approximate surface area is 126 Å². The van der Waals surface area contributed by atoms with Crippen LogP contribution in [0.15, 0.2) is 23.1 Å². The number of halogens is 1. The summed E-state index contributed by atoms with van der Waals surface area (Å²) in [5.74, 6) is 0. The minimum absolute atomic E-state index is 0.0999. The molecule has 0 aliphatic rings. The van der Waals surface area contributed by atoms with Gasteiger partial charge in [-0.1, -0.05) is 35.3 Å². The second-order valence-electron chi connectivity index (χ2n) is 4.35. The lowest BCUT2D eigenvalue weighted by molar-refractivity contribution is -0.385. The summed E-state index contributed by atoms with van der Waals surface area (Å²) in [4.78, 5) is 10.6. The van der Waals surface area contributed by atoms with Gasteiger partial charge in [0, 0.05) is 16.5 Å². The molecule has 0 bridgehead atoms. The van der Waals surface area contributed by atoms with Crippen LogP contribution in [0.4, 0.5) is 5.69 Å². The van der Waals surface area contributed by atoms with Gasteiger partial charge < -0.3 is 0 Å². The molecule has 1 N–H and O–H groups in total. The Hall–Kier alpha value is -0.990. The van der Waals surface area contributed by atoms with Crippen molar-refractivity contribution in [3.8, 4) is 0 Å². The molecule has 0 heterocycles. The third-order valence-electron chi connectivity index (χ3n) is 2.88. The molecule has 0 amide bonds. The fraction of sp³-hybridized carbons (Fsp3) is 0.500. The molecule has 112 valence electrons. The maximum Gasteiger partial charge on any atom is 0.273 e. The van der Waals surface area contributed by atoms with Crippen LogP contribution in [0.25, 0.3) is 0 Å². The number of nitrogens with one attached hydrogen (secondary N) is 1. The highest BCUT2D eigenvalue weighted by atomic mass is 79.9. The van der Waals surface area contributed by atoms with Gasteiger partial charge in [-0.3, -0.25) is 10.1 Å². The van der Waals surface area contributed by atoms with Crippen LogP contribution >= 0.6 is 15.9 Å². The van der Waals surface area contributed by atoms with Crippen LogP contribution in [0.2, 0.25) is 0 Å². The van der Waals surface area contributed by atoms with E-state index in [9.17, 15) is 18.5 Å². The zero-order valence-electron chi connectivity index (χ0n) is 11.3. The lowest BCUT2D eigenvalue weighted by Gasteiger charge is -2.10. The van der Waals surface area contributed by atoms with Gasteiger partial charge in [-0.2, -0.15) is 0 Å². The molecule has 20 heavy (non-hydrogen) atoms. The fourth-order valence-corrected chi connectivity index (χ4v) is 3.38. The van der Waals surface area contributed by atoms with Gasteiger partial charge in [0.05, 0.1) is 9.82 Å². The van der Waals surface area contributed by atoms with E-state index in [4.69, 9.17) is 0 Å². The van der Waals surface area contributed by atoms with Crippen molar-refractivity contribution in [3.05, 3.63) is 33.9 Å². The zero-order valence-corrected chi connectivity index (χ0v) is 13.7. The van der Waals surface area contributed by atoms with E-state index in [2.05, 4.69) is 20.7 Å². The zero-order chi connectivity index (χ0) is 15.3. The first-order valence-corrected chi connectivity index (χ1v) is 8.56. The Morgan fingerprint density at radius 1 is 1.45 bits per heavy atom. The summed E-state index contributed by atoms with van der Waals surface area (Å²) in [6.07, 6.45) is 2.35. The van der Waals surface area contributed by atoms with Gasteiger partial charge in [-0.25, -0.2) is 13.1 Å². The Bertz CT molecular complexity index is 589. The summed E-state index contributed by atoms with van der Waals surface area (Å²) in [5, 5.41) is 11.1. The molecule has 0 aliphatic carbocycles. The van der Waals surface area contributed by atoms with E-state index in [1.807, 2.05) is 6.92 Å². The van der Waals surface area contributed by atoms with Gasteiger partial charge in [0.1, 0.15) is 0 Å². The molecule has 1 atom stereocenters. The average molecular weight is 365 g/mol. The number of hydrogen-bond donors (Lipinski definition) is 1. The minimum Gasteiger partial charge on any atom is -0.258 e. The topological polar surface area (TPSA) is 89.3 Å². The molecule has 0 saturated heterocycles. The van der Waals surface area contributed by atoms with Gasteiger partial charge in [0.25, 0.3) is 5.69 Å². The molecular formula is C12H17BrN2O4S. The Balaban J connectivity index is 3.18. The van der Waals surface area contributed by atoms with E-state index in [0.717, 1.165) is 18.9 Å². The number of nitrogens with zero attached hydrogens (tertiary/aromatic N) is 1. The number of nitro groups is 1. The largest absolute Gasteiger partial charge is 0.273 e. The normalized spacial score (nSPS) is 13.2. The number of benzene rings is 1. The molecule has 1 unspecified atom stereocenters. The molecular weight excluding hydrogens is 348 g/mol. The van der Waals surface area contributed by atoms with Crippen LogP contribution in [0.5, 0.6) is 0 Å². The summed E-state index contributed by atoms with van der Waals surface area (Å²) in [6, 6.07) is 4.00. The Kier molecular flexibility index (Phi) is 6.09. The molecule has 1 rings (SSSR count). The average Bonchev–Trinajstić information content (AvgIpc) is 2.38. The first-order chi connectivity index (χ1) is 9.31. The number of rotatable bonds is 7. The molecule has 1 aromatic rings. The fourth-order valence-electron chi connectivity index (χ4n) is 1.83. The number of sulfonamides is 1. The molecule has 1 aromatic carbocycles. The molecule has 0 saturated carbocycles. The quantitative estimate of drug-likeness (QED) is 0.457. The first kappa shape index (κ1) is 17.1. The van der Waals surface area contributed by atoms with Gasteiger partial charge in [0.15, 0.2) is 0 Å². The van der Waals surface area contributed by atoms with Crippen LogP contribution in [0.1, 0.15) is 25.3 Å². The lowest BCUT2D eigenvalue weighted by Crippen LogP contribution is -2.19. The van der Waals surface area contributed by atoms with E-state index < -0.39 is 14.9 Å². The van der Waals surface area contributed by atoms with Crippen molar-refractivity contribution in [2.45, 2.75) is 35.9 Å². The number of alkyl halides is 1. The van der Waals surface area contributed by atoms with Crippen LogP contribution in [-0.2, 0) is 16.4 Å². The van der Waals surface area contributed by atoms with Crippen molar-refractivity contribution in [2.24, 2.45) is 0 Å². The maximum atomic E-state index is 11.7. The smallest absolute Gasteiger partial charge is 0.258 e. The lowest BCUT2D eigenvalue weighted by atomic mass is 10.1. The maximum absolute atomic E-state index is 11.7. The van der Waals surface area contributed by atoms with Crippen molar-refractivity contribution in [3.63, 3.8) is 0 Å². The van der Waals surface area contributed by atoms with Gasteiger partial charge in [-0.05, 0) is 26.0 Å². The molecule has 0 spiro atoms. The second kappa shape index (κ2) is 7.14. The van der Waals surface area contributed by atoms with Crippen molar-refractivity contribution in [1.82, 2.24) is 4.72 Å². The Morgan fingerprint density at radius 3 is 2.60 bits per heavy atom. The van der Waals surface area contributed by atoms with Crippen molar-refractivity contribution in [2.75, 3.05) is 7.05 Å². The number of nitro benzene ring substituents is 1. The minimum atomic E-state index is -3.68. The summed E-state index contributed by atoms with van der Waals surface area (Å²) in [7, 11) is -2.41. The molecule has 0 aromatic heterocycles. The molecule has 0 fully saturated rings. The van der Waals surface area contributed by atoms with Crippen molar-refractivity contribution in [1.29, 1.82) is 0 Å². The summed E-state index contributed by atoms with van der Waals surface area (Å²) in [5.41, 5.74) is 0.363. The van der Waals surface area contributed by atoms with Crippen molar-refractivity contribution >= 4 is 31.6 Å². The van der Waals surface area contributed by atoms with Crippen LogP contribution in [-0.4, -0.2) is 25.2 Å². The Morgan fingerprint density at radius 2 is 2.10 bits per heavy atom. The van der Waals surface area contributed by atoms with E-state index in [1.165, 1.54) is 19.2 Å². The molecule has 0 aliphatic heterocycles. The first-order valence-electron chi connectivity index (χ1n) is 6.16.